The van der Waals surface area contributed by atoms with Gasteiger partial charge in [-0.3, -0.25) is 9.36 Å². The maximum Gasteiger partial charge on any atom is 0.333 e. The second kappa shape index (κ2) is 5.58. The van der Waals surface area contributed by atoms with Gasteiger partial charge in [0, 0.05) is 5.56 Å². The van der Waals surface area contributed by atoms with Gasteiger partial charge in [0.1, 0.15) is 6.16 Å². The molecule has 0 aromatic heterocycles. The van der Waals surface area contributed by atoms with Crippen molar-refractivity contribution >= 4 is 13.4 Å². The van der Waals surface area contributed by atoms with Crippen LogP contribution in [-0.4, -0.2) is 21.7 Å². The molecule has 0 radical (unpaired) electrons. The number of Topliss-reactive ketones (excluding diaryl/α,β-unsaturated/α-hetero) is 1. The number of rotatable bonds is 5. The van der Waals surface area contributed by atoms with Gasteiger partial charge >= 0.3 is 7.60 Å². The Hall–Kier alpha value is -0.960. The molecule has 5 heteroatoms. The fourth-order valence-corrected chi connectivity index (χ4v) is 2.07. The zero-order valence-electron chi connectivity index (χ0n) is 9.96. The van der Waals surface area contributed by atoms with Crippen molar-refractivity contribution in [2.75, 3.05) is 6.16 Å². The van der Waals surface area contributed by atoms with E-state index in [2.05, 4.69) is 13.8 Å². The van der Waals surface area contributed by atoms with E-state index in [-0.39, 0.29) is 0 Å². The van der Waals surface area contributed by atoms with Crippen molar-refractivity contribution < 1.29 is 19.1 Å². The Kier molecular flexibility index (Phi) is 4.63. The van der Waals surface area contributed by atoms with Gasteiger partial charge in [0.05, 0.1) is 0 Å². The minimum absolute atomic E-state index is 0.348. The molecule has 0 bridgehead atoms. The normalized spacial score (nSPS) is 13.4. The van der Waals surface area contributed by atoms with Gasteiger partial charge in [0.25, 0.3) is 0 Å². The molecule has 4 nitrogen and oxygen atoms in total. The third-order valence-corrected chi connectivity index (χ3v) is 3.46. The van der Waals surface area contributed by atoms with Crippen LogP contribution in [0.1, 0.15) is 42.1 Å². The summed E-state index contributed by atoms with van der Waals surface area (Å²) >= 11 is 0. The largest absolute Gasteiger partial charge is 0.333 e. The van der Waals surface area contributed by atoms with E-state index in [9.17, 15) is 9.36 Å². The average Bonchev–Trinajstić information content (AvgIpc) is 2.26. The number of carbonyl (C=O) groups excluding carboxylic acids is 1. The monoisotopic (exact) mass is 256 g/mol. The Morgan fingerprint density at radius 2 is 1.82 bits per heavy atom. The first-order valence-electron chi connectivity index (χ1n) is 5.51. The minimum atomic E-state index is -4.27. The maximum atomic E-state index is 11.5. The summed E-state index contributed by atoms with van der Waals surface area (Å²) in [7, 11) is -4.27. The molecule has 0 saturated carbocycles. The van der Waals surface area contributed by atoms with Gasteiger partial charge in [0.2, 0.25) is 0 Å². The van der Waals surface area contributed by atoms with Crippen molar-refractivity contribution in [1.29, 1.82) is 0 Å². The standard InChI is InChI=1S/C12H17O4P/c1-3-9(2)10-4-6-11(7-5-10)12(13)8-17(14,15)16/h4-7,9H,3,8H2,1-2H3,(H2,14,15,16). The number of carbonyl (C=O) groups is 1. The number of ketones is 1. The van der Waals surface area contributed by atoms with Crippen molar-refractivity contribution in [1.82, 2.24) is 0 Å². The highest BCUT2D eigenvalue weighted by Crippen LogP contribution is 2.34. The summed E-state index contributed by atoms with van der Waals surface area (Å²) in [5.74, 6) is -0.102. The molecule has 0 fully saturated rings. The van der Waals surface area contributed by atoms with Gasteiger partial charge in [0.15, 0.2) is 5.78 Å². The fraction of sp³-hybridized carbons (Fsp3) is 0.417. The predicted octanol–water partition coefficient (Wildman–Crippen LogP) is 2.56. The zero-order chi connectivity index (χ0) is 13.1. The van der Waals surface area contributed by atoms with Crippen LogP contribution >= 0.6 is 7.60 Å². The smallest absolute Gasteiger partial charge is 0.324 e. The highest BCUT2D eigenvalue weighted by Gasteiger charge is 2.20. The summed E-state index contributed by atoms with van der Waals surface area (Å²) in [5, 5.41) is 0. The summed E-state index contributed by atoms with van der Waals surface area (Å²) < 4.78 is 10.7. The molecule has 94 valence electrons. The molecular formula is C12H17O4P. The third-order valence-electron chi connectivity index (χ3n) is 2.76. The summed E-state index contributed by atoms with van der Waals surface area (Å²) in [6.07, 6.45) is 0.283. The van der Waals surface area contributed by atoms with E-state index in [0.29, 0.717) is 11.5 Å². The molecule has 1 aromatic rings. The first-order valence-corrected chi connectivity index (χ1v) is 7.31. The van der Waals surface area contributed by atoms with Crippen molar-refractivity contribution in [3.63, 3.8) is 0 Å². The van der Waals surface area contributed by atoms with Crippen LogP contribution in [0.4, 0.5) is 0 Å². The van der Waals surface area contributed by atoms with E-state index in [1.54, 1.807) is 12.1 Å². The summed E-state index contributed by atoms with van der Waals surface area (Å²) in [4.78, 5) is 29.0. The van der Waals surface area contributed by atoms with Crippen LogP contribution in [0.3, 0.4) is 0 Å². The lowest BCUT2D eigenvalue weighted by atomic mass is 9.97. The molecule has 1 rings (SSSR count). The highest BCUT2D eigenvalue weighted by molar-refractivity contribution is 7.52. The molecule has 17 heavy (non-hydrogen) atoms. The van der Waals surface area contributed by atoms with E-state index in [1.165, 1.54) is 0 Å². The minimum Gasteiger partial charge on any atom is -0.324 e. The quantitative estimate of drug-likeness (QED) is 0.627. The molecule has 1 aromatic carbocycles. The number of hydrogen-bond acceptors (Lipinski definition) is 2. The number of benzene rings is 1. The van der Waals surface area contributed by atoms with Gasteiger partial charge in [-0.05, 0) is 17.9 Å². The summed E-state index contributed by atoms with van der Waals surface area (Å²) in [5.41, 5.74) is 1.47. The molecule has 0 heterocycles. The Bertz CT molecular complexity index is 432. The Morgan fingerprint density at radius 3 is 2.24 bits per heavy atom. The first kappa shape index (κ1) is 14.1. The Morgan fingerprint density at radius 1 is 1.29 bits per heavy atom. The van der Waals surface area contributed by atoms with Gasteiger partial charge in [-0.2, -0.15) is 0 Å². The highest BCUT2D eigenvalue weighted by atomic mass is 31.2. The number of hydrogen-bond donors (Lipinski definition) is 2. The SMILES string of the molecule is CCC(C)c1ccc(C(=O)CP(=O)(O)O)cc1. The Balaban J connectivity index is 2.81. The van der Waals surface area contributed by atoms with Crippen LogP contribution < -0.4 is 0 Å². The van der Waals surface area contributed by atoms with Crippen LogP contribution in [-0.2, 0) is 4.57 Å². The molecule has 0 aliphatic carbocycles. The second-order valence-corrected chi connectivity index (χ2v) is 5.82. The second-order valence-electron chi connectivity index (χ2n) is 4.18. The predicted molar refractivity (Wildman–Crippen MR) is 66.4 cm³/mol. The van der Waals surface area contributed by atoms with Gasteiger partial charge in [-0.25, -0.2) is 0 Å². The van der Waals surface area contributed by atoms with Crippen LogP contribution in [0.5, 0.6) is 0 Å². The third kappa shape index (κ3) is 4.43. The lowest BCUT2D eigenvalue weighted by Gasteiger charge is -2.09. The maximum absolute atomic E-state index is 11.5. The van der Waals surface area contributed by atoms with Crippen LogP contribution in [0.25, 0.3) is 0 Å². The van der Waals surface area contributed by atoms with Gasteiger partial charge in [-0.1, -0.05) is 38.1 Å². The zero-order valence-corrected chi connectivity index (χ0v) is 10.9. The average molecular weight is 256 g/mol. The lowest BCUT2D eigenvalue weighted by molar-refractivity contribution is 0.101. The molecule has 1 unspecified atom stereocenters. The van der Waals surface area contributed by atoms with Crippen molar-refractivity contribution in [2.45, 2.75) is 26.2 Å². The Labute approximate surface area is 101 Å². The molecule has 0 saturated heterocycles. The van der Waals surface area contributed by atoms with Crippen molar-refractivity contribution in [2.24, 2.45) is 0 Å². The van der Waals surface area contributed by atoms with E-state index in [1.807, 2.05) is 12.1 Å². The molecule has 2 N–H and O–H groups in total. The molecular weight excluding hydrogens is 239 g/mol. The van der Waals surface area contributed by atoms with Gasteiger partial charge < -0.3 is 9.79 Å². The van der Waals surface area contributed by atoms with E-state index < -0.39 is 19.5 Å². The molecule has 0 aliphatic heterocycles. The van der Waals surface area contributed by atoms with Crippen LogP contribution in [0.2, 0.25) is 0 Å². The van der Waals surface area contributed by atoms with Gasteiger partial charge in [-0.15, -0.1) is 0 Å². The molecule has 0 aliphatic rings. The topological polar surface area (TPSA) is 74.6 Å². The molecule has 0 spiro atoms. The van der Waals surface area contributed by atoms with Crippen molar-refractivity contribution in [3.05, 3.63) is 35.4 Å². The van der Waals surface area contributed by atoms with E-state index >= 15 is 0 Å². The lowest BCUT2D eigenvalue weighted by Crippen LogP contribution is -2.06. The first-order chi connectivity index (χ1) is 7.83. The van der Waals surface area contributed by atoms with Crippen LogP contribution in [0, 0.1) is 0 Å². The summed E-state index contributed by atoms with van der Waals surface area (Å²) in [6, 6.07) is 6.92. The molecule has 1 atom stereocenters. The molecule has 0 amide bonds. The van der Waals surface area contributed by atoms with E-state index in [0.717, 1.165) is 12.0 Å². The fourth-order valence-electron chi connectivity index (χ4n) is 1.51. The van der Waals surface area contributed by atoms with Crippen molar-refractivity contribution in [3.8, 4) is 0 Å². The van der Waals surface area contributed by atoms with Crippen LogP contribution in [0.15, 0.2) is 24.3 Å². The summed E-state index contributed by atoms with van der Waals surface area (Å²) in [6.45, 7) is 4.17. The van der Waals surface area contributed by atoms with E-state index in [4.69, 9.17) is 9.79 Å².